The Kier molecular flexibility index (Phi) is 5.21. The molecule has 6 nitrogen and oxygen atoms in total. The summed E-state index contributed by atoms with van der Waals surface area (Å²) in [5, 5.41) is 3.37. The average molecular weight is 352 g/mol. The summed E-state index contributed by atoms with van der Waals surface area (Å²) in [6.07, 6.45) is 1.69. The standard InChI is InChI=1S/C20H24N4O2/c1-14-5-4-6-15(2)19(14)22-17-7-8-18(21-13-17)20(26)24-11-9-23(10-12-24)16(3)25/h4-8,13,22H,9-12H2,1-3H3. The minimum Gasteiger partial charge on any atom is -0.354 e. The first-order chi connectivity index (χ1) is 12.5. The summed E-state index contributed by atoms with van der Waals surface area (Å²) in [6.45, 7) is 7.91. The normalized spacial score (nSPS) is 14.3. The van der Waals surface area contributed by atoms with Gasteiger partial charge in [-0.25, -0.2) is 4.98 Å². The number of hydrogen-bond donors (Lipinski definition) is 1. The molecule has 0 saturated carbocycles. The Hall–Kier alpha value is -2.89. The zero-order valence-corrected chi connectivity index (χ0v) is 15.5. The summed E-state index contributed by atoms with van der Waals surface area (Å²) in [5.74, 6) is -0.0380. The van der Waals surface area contributed by atoms with Crippen molar-refractivity contribution in [2.45, 2.75) is 20.8 Å². The first-order valence-electron chi connectivity index (χ1n) is 8.80. The molecule has 0 atom stereocenters. The maximum atomic E-state index is 12.6. The van der Waals surface area contributed by atoms with E-state index in [1.807, 2.05) is 12.1 Å². The van der Waals surface area contributed by atoms with Crippen molar-refractivity contribution in [3.05, 3.63) is 53.3 Å². The molecule has 2 aromatic rings. The fourth-order valence-electron chi connectivity index (χ4n) is 3.14. The Labute approximate surface area is 153 Å². The third-order valence-electron chi connectivity index (χ3n) is 4.75. The van der Waals surface area contributed by atoms with Crippen LogP contribution in [0, 0.1) is 13.8 Å². The highest BCUT2D eigenvalue weighted by Crippen LogP contribution is 2.24. The molecule has 3 rings (SSSR count). The van der Waals surface area contributed by atoms with Crippen molar-refractivity contribution >= 4 is 23.2 Å². The van der Waals surface area contributed by atoms with Crippen molar-refractivity contribution in [1.82, 2.24) is 14.8 Å². The fraction of sp³-hybridized carbons (Fsp3) is 0.350. The van der Waals surface area contributed by atoms with Gasteiger partial charge in [-0.3, -0.25) is 9.59 Å². The highest BCUT2D eigenvalue weighted by atomic mass is 16.2. The number of amides is 2. The van der Waals surface area contributed by atoms with Gasteiger partial charge in [0.2, 0.25) is 5.91 Å². The molecule has 1 aliphatic heterocycles. The van der Waals surface area contributed by atoms with Crippen molar-refractivity contribution in [3.8, 4) is 0 Å². The van der Waals surface area contributed by atoms with E-state index in [9.17, 15) is 9.59 Å². The smallest absolute Gasteiger partial charge is 0.272 e. The van der Waals surface area contributed by atoms with Crippen LogP contribution < -0.4 is 5.32 Å². The van der Waals surface area contributed by atoms with Crippen LogP contribution in [0.2, 0.25) is 0 Å². The molecule has 1 N–H and O–H groups in total. The quantitative estimate of drug-likeness (QED) is 0.922. The molecule has 136 valence electrons. The molecule has 6 heteroatoms. The second kappa shape index (κ2) is 7.56. The van der Waals surface area contributed by atoms with E-state index in [4.69, 9.17) is 0 Å². The molecule has 1 aromatic carbocycles. The Morgan fingerprint density at radius 2 is 1.58 bits per heavy atom. The molecule has 2 heterocycles. The molecular formula is C20H24N4O2. The Balaban J connectivity index is 1.66. The van der Waals surface area contributed by atoms with Gasteiger partial charge in [0.15, 0.2) is 0 Å². The molecule has 2 amide bonds. The van der Waals surface area contributed by atoms with Gasteiger partial charge in [-0.2, -0.15) is 0 Å². The molecule has 0 spiro atoms. The van der Waals surface area contributed by atoms with Crippen molar-refractivity contribution in [2.24, 2.45) is 0 Å². The average Bonchev–Trinajstić information content (AvgIpc) is 2.65. The molecule has 1 saturated heterocycles. The third-order valence-corrected chi connectivity index (χ3v) is 4.75. The monoisotopic (exact) mass is 352 g/mol. The number of aromatic nitrogens is 1. The summed E-state index contributed by atoms with van der Waals surface area (Å²) in [7, 11) is 0. The second-order valence-electron chi connectivity index (χ2n) is 6.62. The van der Waals surface area contributed by atoms with Gasteiger partial charge in [0.25, 0.3) is 5.91 Å². The maximum Gasteiger partial charge on any atom is 0.272 e. The molecule has 0 bridgehead atoms. The Bertz CT molecular complexity index is 789. The molecule has 0 aliphatic carbocycles. The van der Waals surface area contributed by atoms with Crippen LogP contribution in [-0.2, 0) is 4.79 Å². The fourth-order valence-corrected chi connectivity index (χ4v) is 3.14. The lowest BCUT2D eigenvalue weighted by atomic mass is 10.1. The summed E-state index contributed by atoms with van der Waals surface area (Å²) in [5.41, 5.74) is 4.66. The lowest BCUT2D eigenvalue weighted by Gasteiger charge is -2.34. The van der Waals surface area contributed by atoms with E-state index in [2.05, 4.69) is 36.3 Å². The van der Waals surface area contributed by atoms with Gasteiger partial charge in [0.1, 0.15) is 5.69 Å². The van der Waals surface area contributed by atoms with E-state index in [1.165, 1.54) is 0 Å². The minimum atomic E-state index is -0.0909. The lowest BCUT2D eigenvalue weighted by molar-refractivity contribution is -0.130. The molecule has 1 fully saturated rings. The van der Waals surface area contributed by atoms with E-state index in [-0.39, 0.29) is 11.8 Å². The van der Waals surface area contributed by atoms with E-state index in [0.717, 1.165) is 22.5 Å². The Morgan fingerprint density at radius 3 is 2.12 bits per heavy atom. The van der Waals surface area contributed by atoms with Crippen LogP contribution in [0.3, 0.4) is 0 Å². The van der Waals surface area contributed by atoms with Gasteiger partial charge >= 0.3 is 0 Å². The summed E-state index contributed by atoms with van der Waals surface area (Å²) < 4.78 is 0. The van der Waals surface area contributed by atoms with Crippen molar-refractivity contribution < 1.29 is 9.59 Å². The number of anilines is 2. The number of carbonyl (C=O) groups is 2. The van der Waals surface area contributed by atoms with Gasteiger partial charge < -0.3 is 15.1 Å². The number of piperazine rings is 1. The molecule has 1 aliphatic rings. The van der Waals surface area contributed by atoms with Crippen LogP contribution in [0.4, 0.5) is 11.4 Å². The van der Waals surface area contributed by atoms with E-state index >= 15 is 0 Å². The molecule has 1 aromatic heterocycles. The van der Waals surface area contributed by atoms with Crippen LogP contribution in [0.5, 0.6) is 0 Å². The van der Waals surface area contributed by atoms with Crippen LogP contribution >= 0.6 is 0 Å². The number of rotatable bonds is 3. The molecule has 26 heavy (non-hydrogen) atoms. The summed E-state index contributed by atoms with van der Waals surface area (Å²) in [6, 6.07) is 9.76. The zero-order chi connectivity index (χ0) is 18.7. The first kappa shape index (κ1) is 17.9. The van der Waals surface area contributed by atoms with Gasteiger partial charge in [0.05, 0.1) is 11.9 Å². The molecular weight excluding hydrogens is 328 g/mol. The lowest BCUT2D eigenvalue weighted by Crippen LogP contribution is -2.50. The number of hydrogen-bond acceptors (Lipinski definition) is 4. The van der Waals surface area contributed by atoms with Crippen LogP contribution in [-0.4, -0.2) is 52.8 Å². The van der Waals surface area contributed by atoms with E-state index in [0.29, 0.717) is 31.9 Å². The van der Waals surface area contributed by atoms with Crippen LogP contribution in [0.1, 0.15) is 28.5 Å². The molecule has 0 unspecified atom stereocenters. The van der Waals surface area contributed by atoms with E-state index in [1.54, 1.807) is 29.0 Å². The van der Waals surface area contributed by atoms with Gasteiger partial charge in [-0.05, 0) is 37.1 Å². The van der Waals surface area contributed by atoms with Crippen LogP contribution in [0.25, 0.3) is 0 Å². The predicted molar refractivity (Wildman–Crippen MR) is 102 cm³/mol. The van der Waals surface area contributed by atoms with Gasteiger partial charge in [0, 0.05) is 38.8 Å². The SMILES string of the molecule is CC(=O)N1CCN(C(=O)c2ccc(Nc3c(C)cccc3C)cn2)CC1. The highest BCUT2D eigenvalue weighted by Gasteiger charge is 2.23. The number of nitrogens with zero attached hydrogens (tertiary/aromatic N) is 3. The summed E-state index contributed by atoms with van der Waals surface area (Å²) >= 11 is 0. The number of carbonyl (C=O) groups excluding carboxylic acids is 2. The van der Waals surface area contributed by atoms with Crippen molar-refractivity contribution in [1.29, 1.82) is 0 Å². The number of aryl methyl sites for hydroxylation is 2. The van der Waals surface area contributed by atoms with Crippen molar-refractivity contribution in [2.75, 3.05) is 31.5 Å². The molecule has 0 radical (unpaired) electrons. The van der Waals surface area contributed by atoms with E-state index < -0.39 is 0 Å². The van der Waals surface area contributed by atoms with Crippen molar-refractivity contribution in [3.63, 3.8) is 0 Å². The zero-order valence-electron chi connectivity index (χ0n) is 15.5. The number of nitrogens with one attached hydrogen (secondary N) is 1. The third kappa shape index (κ3) is 3.85. The maximum absolute atomic E-state index is 12.6. The highest BCUT2D eigenvalue weighted by molar-refractivity contribution is 5.92. The first-order valence-corrected chi connectivity index (χ1v) is 8.80. The number of pyridine rings is 1. The largest absolute Gasteiger partial charge is 0.354 e. The summed E-state index contributed by atoms with van der Waals surface area (Å²) in [4.78, 5) is 31.8. The Morgan fingerprint density at radius 1 is 0.962 bits per heavy atom. The minimum absolute atomic E-state index is 0.0529. The second-order valence-corrected chi connectivity index (χ2v) is 6.62. The number of benzene rings is 1. The predicted octanol–water partition coefficient (Wildman–Crippen LogP) is 2.75. The van der Waals surface area contributed by atoms with Gasteiger partial charge in [-0.15, -0.1) is 0 Å². The van der Waals surface area contributed by atoms with Gasteiger partial charge in [-0.1, -0.05) is 18.2 Å². The van der Waals surface area contributed by atoms with Crippen LogP contribution in [0.15, 0.2) is 36.5 Å². The topological polar surface area (TPSA) is 65.5 Å². The number of para-hydroxylation sites is 1.